The molecule has 0 aliphatic carbocycles. The molecule has 0 fully saturated rings. The van der Waals surface area contributed by atoms with Crippen LogP contribution in [0.5, 0.6) is 0 Å². The molecular weight excluding hydrogens is 503 g/mol. The summed E-state index contributed by atoms with van der Waals surface area (Å²) in [6, 6.07) is 20.1. The standard InChI is InChI=1S/2C6H5Se.Hg/c2*7-6-4-2-1-3-5-6;/h2*1-5H;. The summed E-state index contributed by atoms with van der Waals surface area (Å²) in [6.45, 7) is 0. The van der Waals surface area contributed by atoms with E-state index in [1.54, 1.807) is 0 Å². The molecule has 3 heteroatoms. The van der Waals surface area contributed by atoms with Crippen molar-refractivity contribution < 1.29 is 27.7 Å². The monoisotopic (exact) mass is 516 g/mol. The fourth-order valence-corrected chi connectivity index (χ4v) is 1.50. The third kappa shape index (κ3) is 8.24. The van der Waals surface area contributed by atoms with Crippen molar-refractivity contribution in [3.8, 4) is 0 Å². The van der Waals surface area contributed by atoms with E-state index < -0.39 is 0 Å². The van der Waals surface area contributed by atoms with Gasteiger partial charge >= 0.3 is 102 Å². The first-order valence-electron chi connectivity index (χ1n) is 4.23. The zero-order valence-electron chi connectivity index (χ0n) is 8.30. The van der Waals surface area contributed by atoms with E-state index in [1.807, 2.05) is 60.7 Å². The Labute approximate surface area is 128 Å². The van der Waals surface area contributed by atoms with E-state index in [9.17, 15) is 0 Å². The van der Waals surface area contributed by atoms with Crippen molar-refractivity contribution in [2.24, 2.45) is 0 Å². The maximum atomic E-state index is 2.90. The zero-order chi connectivity index (χ0) is 10.2. The van der Waals surface area contributed by atoms with Crippen LogP contribution in [-0.2, 0) is 27.7 Å². The summed E-state index contributed by atoms with van der Waals surface area (Å²) in [5.41, 5.74) is 0. The van der Waals surface area contributed by atoms with Crippen LogP contribution in [0.15, 0.2) is 60.7 Å². The van der Waals surface area contributed by atoms with Crippen LogP contribution in [0, 0.1) is 0 Å². The van der Waals surface area contributed by atoms with Crippen LogP contribution in [-0.4, -0.2) is 32.0 Å². The summed E-state index contributed by atoms with van der Waals surface area (Å²) < 4.78 is 2.39. The molecule has 0 unspecified atom stereocenters. The molecule has 0 saturated heterocycles. The molecule has 0 heterocycles. The molecule has 72 valence electrons. The number of hydrogen-bond donors (Lipinski definition) is 0. The molecule has 2 radical (unpaired) electrons. The number of hydrogen-bond acceptors (Lipinski definition) is 0. The molecule has 0 aromatic heterocycles. The van der Waals surface area contributed by atoms with E-state index in [-0.39, 0.29) is 27.7 Å². The molecule has 0 amide bonds. The fourth-order valence-electron chi connectivity index (χ4n) is 0.841. The zero-order valence-corrected chi connectivity index (χ0v) is 17.2. The van der Waals surface area contributed by atoms with E-state index >= 15 is 0 Å². The second-order valence-electron chi connectivity index (χ2n) is 2.63. The Bertz CT molecular complexity index is 311. The Hall–Kier alpha value is 0.414. The number of benzene rings is 2. The maximum absolute atomic E-state index is 2.90. The van der Waals surface area contributed by atoms with Crippen molar-refractivity contribution in [2.45, 2.75) is 0 Å². The molecule has 15 heavy (non-hydrogen) atoms. The Morgan fingerprint density at radius 3 is 0.933 bits per heavy atom. The first kappa shape index (κ1) is 15.4. The van der Waals surface area contributed by atoms with Gasteiger partial charge in [-0.1, -0.05) is 0 Å². The number of rotatable bonds is 0. The molecule has 0 bridgehead atoms. The Kier molecular flexibility index (Phi) is 9.89. The predicted octanol–water partition coefficient (Wildman–Crippen LogP) is 0.958. The van der Waals surface area contributed by atoms with Gasteiger partial charge in [0.15, 0.2) is 0 Å². The Morgan fingerprint density at radius 2 is 0.800 bits per heavy atom. The molecule has 2 aromatic rings. The summed E-state index contributed by atoms with van der Waals surface area (Å²) in [6.07, 6.45) is 0. The van der Waals surface area contributed by atoms with Gasteiger partial charge in [0.2, 0.25) is 0 Å². The minimum absolute atomic E-state index is 0. The van der Waals surface area contributed by atoms with Gasteiger partial charge in [0.1, 0.15) is 0 Å². The van der Waals surface area contributed by atoms with E-state index in [1.165, 1.54) is 8.92 Å². The second kappa shape index (κ2) is 9.63. The average Bonchev–Trinajstić information content (AvgIpc) is 2.21. The van der Waals surface area contributed by atoms with Crippen LogP contribution in [0.3, 0.4) is 0 Å². The van der Waals surface area contributed by atoms with Crippen molar-refractivity contribution in [1.82, 2.24) is 0 Å². The van der Waals surface area contributed by atoms with E-state index in [4.69, 9.17) is 0 Å². The quantitative estimate of drug-likeness (QED) is 0.462. The molecule has 0 atom stereocenters. The van der Waals surface area contributed by atoms with Gasteiger partial charge in [-0.15, -0.1) is 0 Å². The van der Waals surface area contributed by atoms with E-state index in [0.717, 1.165) is 0 Å². The predicted molar refractivity (Wildman–Crippen MR) is 63.7 cm³/mol. The SMILES string of the molecule is [Hg].[Se]c1ccccc1.[Se]c1ccccc1. The van der Waals surface area contributed by atoms with Crippen LogP contribution in [0.2, 0.25) is 0 Å². The molecule has 0 aliphatic heterocycles. The summed E-state index contributed by atoms with van der Waals surface area (Å²) in [7, 11) is 0. The third-order valence-corrected chi connectivity index (χ3v) is 2.63. The van der Waals surface area contributed by atoms with Crippen molar-refractivity contribution in [3.05, 3.63) is 60.7 Å². The van der Waals surface area contributed by atoms with Crippen LogP contribution in [0.1, 0.15) is 0 Å². The fraction of sp³-hybridized carbons (Fsp3) is 0. The average molecular weight is 513 g/mol. The van der Waals surface area contributed by atoms with Gasteiger partial charge in [-0.2, -0.15) is 0 Å². The molecular formula is C12H10HgSe2. The van der Waals surface area contributed by atoms with Crippen LogP contribution in [0.25, 0.3) is 0 Å². The molecule has 0 spiro atoms. The van der Waals surface area contributed by atoms with Crippen LogP contribution >= 0.6 is 0 Å². The van der Waals surface area contributed by atoms with Gasteiger partial charge in [-0.25, -0.2) is 0 Å². The molecule has 0 saturated carbocycles. The summed E-state index contributed by atoms with van der Waals surface area (Å²) in [4.78, 5) is 0. The summed E-state index contributed by atoms with van der Waals surface area (Å²) in [5.74, 6) is 0. The minimum atomic E-state index is 0. The first-order chi connectivity index (χ1) is 6.79. The van der Waals surface area contributed by atoms with Crippen molar-refractivity contribution in [1.29, 1.82) is 0 Å². The van der Waals surface area contributed by atoms with Gasteiger partial charge in [-0.05, 0) is 0 Å². The summed E-state index contributed by atoms with van der Waals surface area (Å²) >= 11 is 5.80. The van der Waals surface area contributed by atoms with E-state index in [2.05, 4.69) is 32.0 Å². The molecule has 2 aromatic carbocycles. The second-order valence-corrected chi connectivity index (χ2v) is 4.60. The van der Waals surface area contributed by atoms with E-state index in [0.29, 0.717) is 0 Å². The molecule has 2 rings (SSSR count). The van der Waals surface area contributed by atoms with Gasteiger partial charge in [0.05, 0.1) is 0 Å². The third-order valence-electron chi connectivity index (χ3n) is 1.49. The Morgan fingerprint density at radius 1 is 0.533 bits per heavy atom. The first-order valence-corrected chi connectivity index (χ1v) is 5.94. The topological polar surface area (TPSA) is 0 Å². The van der Waals surface area contributed by atoms with Gasteiger partial charge in [0.25, 0.3) is 0 Å². The van der Waals surface area contributed by atoms with Crippen molar-refractivity contribution in [3.63, 3.8) is 0 Å². The van der Waals surface area contributed by atoms with Crippen molar-refractivity contribution in [2.75, 3.05) is 0 Å². The molecule has 0 aliphatic rings. The molecule has 0 nitrogen and oxygen atoms in total. The van der Waals surface area contributed by atoms with Crippen LogP contribution < -0.4 is 8.92 Å². The van der Waals surface area contributed by atoms with Gasteiger partial charge in [-0.3, -0.25) is 0 Å². The summed E-state index contributed by atoms with van der Waals surface area (Å²) in [5, 5.41) is 0. The normalized spacial score (nSPS) is 8.00. The Balaban J connectivity index is 0.000000245. The van der Waals surface area contributed by atoms with Gasteiger partial charge in [0, 0.05) is 27.7 Å². The van der Waals surface area contributed by atoms with Crippen molar-refractivity contribution >= 4 is 40.9 Å². The molecule has 0 N–H and O–H groups in total. The van der Waals surface area contributed by atoms with Crippen LogP contribution in [0.4, 0.5) is 0 Å². The van der Waals surface area contributed by atoms with Gasteiger partial charge < -0.3 is 0 Å².